The molecular weight excluding hydrogens is 352 g/mol. The molecule has 1 aliphatic rings. The zero-order valence-corrected chi connectivity index (χ0v) is 17.3. The number of para-hydroxylation sites is 1. The lowest BCUT2D eigenvalue weighted by Gasteiger charge is -2.28. The molecule has 0 spiro atoms. The molecule has 0 fully saturated rings. The molecule has 1 aliphatic heterocycles. The number of rotatable bonds is 6. The Hall–Kier alpha value is -2.62. The van der Waals surface area contributed by atoms with Crippen LogP contribution in [0.25, 0.3) is 11.0 Å². The zero-order chi connectivity index (χ0) is 20.5. The lowest BCUT2D eigenvalue weighted by atomic mass is 9.84. The molecule has 2 aromatic rings. The first-order valence-electron chi connectivity index (χ1n) is 9.79. The maximum Gasteiger partial charge on any atom is 0.343 e. The van der Waals surface area contributed by atoms with Crippen LogP contribution < -0.4 is 10.4 Å². The minimum absolute atomic E-state index is 0.0654. The average molecular weight is 380 g/mol. The molecule has 0 saturated heterocycles. The largest absolute Gasteiger partial charge is 0.486 e. The number of hydrogen-bond donors (Lipinski definition) is 0. The molecule has 28 heavy (non-hydrogen) atoms. The number of ether oxygens (including phenoxy) is 1. The normalized spacial score (nSPS) is 21.3. The summed E-state index contributed by atoms with van der Waals surface area (Å²) in [5.41, 5.74) is 2.45. The molecule has 1 aromatic heterocycles. The van der Waals surface area contributed by atoms with Crippen molar-refractivity contribution in [3.8, 4) is 5.75 Å². The van der Waals surface area contributed by atoms with Gasteiger partial charge < -0.3 is 9.15 Å². The van der Waals surface area contributed by atoms with E-state index in [1.54, 1.807) is 12.1 Å². The van der Waals surface area contributed by atoms with E-state index in [9.17, 15) is 9.59 Å². The lowest BCUT2D eigenvalue weighted by Crippen LogP contribution is -2.33. The monoisotopic (exact) mass is 380 g/mol. The number of benzene rings is 1. The number of hydrogen-bond acceptors (Lipinski definition) is 4. The van der Waals surface area contributed by atoms with Gasteiger partial charge in [-0.15, -0.1) is 0 Å². The van der Waals surface area contributed by atoms with Crippen molar-refractivity contribution in [1.29, 1.82) is 0 Å². The van der Waals surface area contributed by atoms with E-state index < -0.39 is 5.60 Å². The van der Waals surface area contributed by atoms with Crippen LogP contribution in [0.2, 0.25) is 0 Å². The van der Waals surface area contributed by atoms with Crippen LogP contribution in [-0.2, 0) is 4.79 Å². The maximum absolute atomic E-state index is 12.5. The van der Waals surface area contributed by atoms with Crippen molar-refractivity contribution in [2.75, 3.05) is 0 Å². The van der Waals surface area contributed by atoms with Gasteiger partial charge in [-0.05, 0) is 58.7 Å². The molecular formula is C24H28O4. The van der Waals surface area contributed by atoms with Crippen molar-refractivity contribution in [3.63, 3.8) is 0 Å². The summed E-state index contributed by atoms with van der Waals surface area (Å²) in [7, 11) is 0. The van der Waals surface area contributed by atoms with Crippen molar-refractivity contribution >= 4 is 16.8 Å². The van der Waals surface area contributed by atoms with Gasteiger partial charge in [0.2, 0.25) is 0 Å². The van der Waals surface area contributed by atoms with E-state index in [-0.39, 0.29) is 17.3 Å². The van der Waals surface area contributed by atoms with Crippen LogP contribution in [0.15, 0.2) is 56.8 Å². The predicted molar refractivity (Wildman–Crippen MR) is 112 cm³/mol. The van der Waals surface area contributed by atoms with Crippen LogP contribution >= 0.6 is 0 Å². The van der Waals surface area contributed by atoms with Gasteiger partial charge in [-0.25, -0.2) is 4.79 Å². The summed E-state index contributed by atoms with van der Waals surface area (Å²) in [6.45, 7) is 9.90. The summed E-state index contributed by atoms with van der Waals surface area (Å²) in [6, 6.07) is 7.48. The molecule has 0 bridgehead atoms. The number of allylic oxidation sites excluding steroid dienone is 4. The molecule has 0 aliphatic carbocycles. The Morgan fingerprint density at radius 1 is 1.21 bits per heavy atom. The van der Waals surface area contributed by atoms with E-state index in [0.717, 1.165) is 29.4 Å². The van der Waals surface area contributed by atoms with E-state index in [2.05, 4.69) is 6.08 Å². The average Bonchev–Trinajstić information content (AvgIpc) is 2.86. The Kier molecular flexibility index (Phi) is 5.59. The molecule has 0 saturated carbocycles. The SMILES string of the molecule is CC(C)=CC(=O)C/C(C)=C/CC[C@@]1(C)Oc2c(c(=O)oc3ccccc23)[C@@H]1C. The Balaban J connectivity index is 1.76. The summed E-state index contributed by atoms with van der Waals surface area (Å²) >= 11 is 0. The fourth-order valence-corrected chi connectivity index (χ4v) is 3.84. The highest BCUT2D eigenvalue weighted by molar-refractivity contribution is 5.91. The van der Waals surface area contributed by atoms with Gasteiger partial charge in [0.05, 0.1) is 10.9 Å². The van der Waals surface area contributed by atoms with E-state index in [1.165, 1.54) is 0 Å². The molecule has 2 atom stereocenters. The molecule has 2 heterocycles. The van der Waals surface area contributed by atoms with E-state index in [1.807, 2.05) is 52.8 Å². The lowest BCUT2D eigenvalue weighted by molar-refractivity contribution is -0.114. The van der Waals surface area contributed by atoms with Crippen molar-refractivity contribution < 1.29 is 13.9 Å². The molecule has 4 heteroatoms. The van der Waals surface area contributed by atoms with Crippen molar-refractivity contribution in [3.05, 3.63) is 63.5 Å². The number of carbonyl (C=O) groups is 1. The van der Waals surface area contributed by atoms with Gasteiger partial charge in [0.25, 0.3) is 0 Å². The molecule has 0 amide bonds. The minimum Gasteiger partial charge on any atom is -0.486 e. The summed E-state index contributed by atoms with van der Waals surface area (Å²) in [6.07, 6.45) is 5.76. The van der Waals surface area contributed by atoms with E-state index in [0.29, 0.717) is 23.3 Å². The first-order valence-corrected chi connectivity index (χ1v) is 9.79. The first-order chi connectivity index (χ1) is 13.2. The quantitative estimate of drug-likeness (QED) is 0.366. The van der Waals surface area contributed by atoms with E-state index >= 15 is 0 Å². The fraction of sp³-hybridized carbons (Fsp3) is 0.417. The van der Waals surface area contributed by atoms with Gasteiger partial charge in [0.15, 0.2) is 5.78 Å². The number of ketones is 1. The van der Waals surface area contributed by atoms with Gasteiger partial charge in [-0.3, -0.25) is 4.79 Å². The minimum atomic E-state index is -0.484. The summed E-state index contributed by atoms with van der Waals surface area (Å²) in [4.78, 5) is 24.4. The van der Waals surface area contributed by atoms with Crippen LogP contribution in [0.3, 0.4) is 0 Å². The highest BCUT2D eigenvalue weighted by atomic mass is 16.5. The Bertz CT molecular complexity index is 1020. The molecule has 148 valence electrons. The third-order valence-corrected chi connectivity index (χ3v) is 5.52. The molecule has 1 aromatic carbocycles. The number of fused-ring (bicyclic) bond motifs is 3. The van der Waals surface area contributed by atoms with Crippen molar-refractivity contribution in [2.45, 2.75) is 65.4 Å². The van der Waals surface area contributed by atoms with Gasteiger partial charge in [0, 0.05) is 12.3 Å². The van der Waals surface area contributed by atoms with Crippen LogP contribution in [0.5, 0.6) is 5.75 Å². The topological polar surface area (TPSA) is 56.5 Å². The number of carbonyl (C=O) groups excluding carboxylic acids is 1. The highest BCUT2D eigenvalue weighted by Crippen LogP contribution is 2.48. The van der Waals surface area contributed by atoms with Crippen LogP contribution in [0.1, 0.15) is 65.4 Å². The van der Waals surface area contributed by atoms with Crippen LogP contribution in [0, 0.1) is 0 Å². The van der Waals surface area contributed by atoms with Gasteiger partial charge in [-0.1, -0.05) is 36.3 Å². The van der Waals surface area contributed by atoms with Gasteiger partial charge >= 0.3 is 5.63 Å². The third-order valence-electron chi connectivity index (χ3n) is 5.52. The van der Waals surface area contributed by atoms with E-state index in [4.69, 9.17) is 9.15 Å². The van der Waals surface area contributed by atoms with Gasteiger partial charge in [0.1, 0.15) is 16.9 Å². The van der Waals surface area contributed by atoms with Crippen LogP contribution in [0.4, 0.5) is 0 Å². The summed E-state index contributed by atoms with van der Waals surface area (Å²) < 4.78 is 11.8. The highest BCUT2D eigenvalue weighted by Gasteiger charge is 2.44. The summed E-state index contributed by atoms with van der Waals surface area (Å²) in [5, 5.41) is 0.840. The second-order valence-corrected chi connectivity index (χ2v) is 8.22. The standard InChI is InChI=1S/C24H28O4/c1-15(2)13-18(25)14-16(3)9-8-12-24(5)17(4)21-22(28-24)19-10-6-7-11-20(19)27-23(21)26/h6-7,9-11,13,17H,8,12,14H2,1-5H3/b16-9+/t17-,24+/m0/s1. The molecule has 0 N–H and O–H groups in total. The predicted octanol–water partition coefficient (Wildman–Crippen LogP) is 5.70. The Morgan fingerprint density at radius 3 is 2.64 bits per heavy atom. The maximum atomic E-state index is 12.5. The molecule has 0 unspecified atom stereocenters. The Morgan fingerprint density at radius 2 is 1.93 bits per heavy atom. The third kappa shape index (κ3) is 3.96. The van der Waals surface area contributed by atoms with Gasteiger partial charge in [-0.2, -0.15) is 0 Å². The first kappa shape index (κ1) is 20.1. The summed E-state index contributed by atoms with van der Waals surface area (Å²) in [5.74, 6) is 0.715. The smallest absolute Gasteiger partial charge is 0.343 e. The van der Waals surface area contributed by atoms with Crippen molar-refractivity contribution in [1.82, 2.24) is 0 Å². The molecule has 0 radical (unpaired) electrons. The second-order valence-electron chi connectivity index (χ2n) is 8.22. The fourth-order valence-electron chi connectivity index (χ4n) is 3.84. The Labute approximate surface area is 165 Å². The molecule has 3 rings (SSSR count). The van der Waals surface area contributed by atoms with Crippen LogP contribution in [-0.4, -0.2) is 11.4 Å². The molecule has 4 nitrogen and oxygen atoms in total. The zero-order valence-electron chi connectivity index (χ0n) is 17.3. The van der Waals surface area contributed by atoms with Crippen molar-refractivity contribution in [2.24, 2.45) is 0 Å². The second kappa shape index (κ2) is 7.78.